The van der Waals surface area contributed by atoms with Crippen molar-refractivity contribution in [1.29, 1.82) is 0 Å². The van der Waals surface area contributed by atoms with E-state index in [-0.39, 0.29) is 31.6 Å². The van der Waals surface area contributed by atoms with Crippen LogP contribution in [0.4, 0.5) is 0 Å². The summed E-state index contributed by atoms with van der Waals surface area (Å²) in [5.41, 5.74) is 0. The fourth-order valence-corrected chi connectivity index (χ4v) is 7.25. The molecule has 0 bridgehead atoms. The largest absolute Gasteiger partial charge is 0.462 e. The monoisotopic (exact) mass is 879 g/mol. The summed E-state index contributed by atoms with van der Waals surface area (Å²) in [7, 11) is 0. The van der Waals surface area contributed by atoms with Gasteiger partial charge in [-0.3, -0.25) is 14.4 Å². The zero-order valence-electron chi connectivity index (χ0n) is 41.3. The van der Waals surface area contributed by atoms with Gasteiger partial charge < -0.3 is 14.2 Å². The molecule has 0 saturated carbocycles. The first-order valence-electron chi connectivity index (χ1n) is 26.4. The molecule has 6 heteroatoms. The second-order valence-corrected chi connectivity index (χ2v) is 17.4. The molecule has 0 radical (unpaired) electrons. The molecule has 0 aliphatic carbocycles. The maximum atomic E-state index is 12.7. The summed E-state index contributed by atoms with van der Waals surface area (Å²) in [4.78, 5) is 37.9. The molecule has 0 saturated heterocycles. The Morgan fingerprint density at radius 1 is 0.333 bits per heavy atom. The van der Waals surface area contributed by atoms with E-state index in [0.717, 1.165) is 70.6 Å². The first kappa shape index (κ1) is 59.9. The molecule has 0 aromatic rings. The molecule has 0 rings (SSSR count). The Kier molecular flexibility index (Phi) is 48.9. The zero-order valence-corrected chi connectivity index (χ0v) is 41.3. The summed E-state index contributed by atoms with van der Waals surface area (Å²) in [5, 5.41) is 0. The van der Waals surface area contributed by atoms with Gasteiger partial charge in [0, 0.05) is 19.3 Å². The molecular weight excluding hydrogens is 781 g/mol. The Balaban J connectivity index is 4.37. The minimum atomic E-state index is -0.812. The van der Waals surface area contributed by atoms with E-state index in [1.165, 1.54) is 135 Å². The summed E-state index contributed by atoms with van der Waals surface area (Å²) in [5.74, 6) is -0.988. The van der Waals surface area contributed by atoms with Gasteiger partial charge >= 0.3 is 17.9 Å². The quantitative estimate of drug-likeness (QED) is 0.0262. The molecule has 6 nitrogen and oxygen atoms in total. The average molecular weight is 879 g/mol. The van der Waals surface area contributed by atoms with Gasteiger partial charge in [0.05, 0.1) is 0 Å². The Morgan fingerprint density at radius 3 is 1.03 bits per heavy atom. The molecule has 0 fully saturated rings. The SMILES string of the molecule is CC/C=C\C/C=C\C/C=C\C/C=C\CCC(=O)OC(COC(=O)CCCCCCCCCCC/C=C\C/C=C\CCCCCCC)COC(=O)CCCCCCCCCCCCC. The standard InChI is InChI=1S/C57H98O6/c1-4-7-10-13-16-19-22-24-25-26-27-28-29-30-31-33-35-38-41-44-47-50-56(59)62-53-54(52-61-55(58)49-46-43-40-37-34-21-18-15-12-9-6-3)63-57(60)51-48-45-42-39-36-32-23-20-17-14-11-8-5-2/h8,11,17,20,22,24,26-27,32,36,42,45,54H,4-7,9-10,12-16,18-19,21,23,25,28-31,33-35,37-41,43-44,46-53H2,1-3H3/b11-8-,20-17-,24-22-,27-26-,36-32-,45-42-. The second kappa shape index (κ2) is 51.5. The van der Waals surface area contributed by atoms with Crippen LogP contribution in [0.1, 0.15) is 252 Å². The van der Waals surface area contributed by atoms with Crippen LogP contribution >= 0.6 is 0 Å². The van der Waals surface area contributed by atoms with Crippen molar-refractivity contribution < 1.29 is 28.6 Å². The normalized spacial score (nSPS) is 12.6. The Bertz CT molecular complexity index is 1190. The Hall–Kier alpha value is -3.15. The fraction of sp³-hybridized carbons (Fsp3) is 0.737. The molecule has 0 amide bonds. The van der Waals surface area contributed by atoms with Crippen molar-refractivity contribution in [3.8, 4) is 0 Å². The van der Waals surface area contributed by atoms with E-state index in [4.69, 9.17) is 14.2 Å². The number of unbranched alkanes of at least 4 members (excludes halogenated alkanes) is 24. The summed E-state index contributed by atoms with van der Waals surface area (Å²) in [6, 6.07) is 0. The van der Waals surface area contributed by atoms with Gasteiger partial charge in [0.25, 0.3) is 0 Å². The number of rotatable bonds is 47. The van der Waals surface area contributed by atoms with Gasteiger partial charge in [-0.25, -0.2) is 0 Å². The highest BCUT2D eigenvalue weighted by Gasteiger charge is 2.19. The topological polar surface area (TPSA) is 78.9 Å². The molecule has 0 aliphatic heterocycles. The van der Waals surface area contributed by atoms with Crippen molar-refractivity contribution in [3.05, 3.63) is 72.9 Å². The summed E-state index contributed by atoms with van der Waals surface area (Å²) < 4.78 is 16.7. The van der Waals surface area contributed by atoms with Crippen molar-refractivity contribution in [2.24, 2.45) is 0 Å². The van der Waals surface area contributed by atoms with Crippen LogP contribution in [0.2, 0.25) is 0 Å². The number of ether oxygens (including phenoxy) is 3. The van der Waals surface area contributed by atoms with Crippen LogP contribution in [-0.4, -0.2) is 37.2 Å². The van der Waals surface area contributed by atoms with Crippen molar-refractivity contribution >= 4 is 17.9 Å². The molecule has 0 aromatic carbocycles. The Labute approximate surface area is 389 Å². The van der Waals surface area contributed by atoms with E-state index in [9.17, 15) is 14.4 Å². The van der Waals surface area contributed by atoms with Crippen LogP contribution in [0.3, 0.4) is 0 Å². The smallest absolute Gasteiger partial charge is 0.306 e. The van der Waals surface area contributed by atoms with Crippen molar-refractivity contribution in [1.82, 2.24) is 0 Å². The van der Waals surface area contributed by atoms with Gasteiger partial charge in [-0.2, -0.15) is 0 Å². The number of hydrogen-bond acceptors (Lipinski definition) is 6. The van der Waals surface area contributed by atoms with Crippen LogP contribution in [-0.2, 0) is 28.6 Å². The van der Waals surface area contributed by atoms with Gasteiger partial charge in [-0.15, -0.1) is 0 Å². The maximum Gasteiger partial charge on any atom is 0.306 e. The van der Waals surface area contributed by atoms with Crippen LogP contribution in [0, 0.1) is 0 Å². The number of hydrogen-bond donors (Lipinski definition) is 0. The highest BCUT2D eigenvalue weighted by atomic mass is 16.6. The lowest BCUT2D eigenvalue weighted by Crippen LogP contribution is -2.30. The zero-order chi connectivity index (χ0) is 45.8. The number of carbonyl (C=O) groups excluding carboxylic acids is 3. The van der Waals surface area contributed by atoms with Gasteiger partial charge in [0.1, 0.15) is 13.2 Å². The van der Waals surface area contributed by atoms with Gasteiger partial charge in [0.2, 0.25) is 0 Å². The molecule has 63 heavy (non-hydrogen) atoms. The van der Waals surface area contributed by atoms with Gasteiger partial charge in [0.15, 0.2) is 6.10 Å². The predicted molar refractivity (Wildman–Crippen MR) is 270 cm³/mol. The molecule has 362 valence electrons. The first-order valence-corrected chi connectivity index (χ1v) is 26.4. The molecule has 0 aromatic heterocycles. The average Bonchev–Trinajstić information content (AvgIpc) is 3.28. The van der Waals surface area contributed by atoms with Crippen molar-refractivity contribution in [2.45, 2.75) is 258 Å². The summed E-state index contributed by atoms with van der Waals surface area (Å²) in [6.45, 7) is 6.44. The molecule has 0 N–H and O–H groups in total. The number of allylic oxidation sites excluding steroid dienone is 12. The van der Waals surface area contributed by atoms with Crippen molar-refractivity contribution in [3.63, 3.8) is 0 Å². The molecule has 0 aliphatic rings. The van der Waals surface area contributed by atoms with E-state index in [2.05, 4.69) is 81.5 Å². The predicted octanol–water partition coefficient (Wildman–Crippen LogP) is 17.4. The van der Waals surface area contributed by atoms with E-state index in [0.29, 0.717) is 19.3 Å². The fourth-order valence-electron chi connectivity index (χ4n) is 7.25. The molecule has 0 heterocycles. The molecule has 1 unspecified atom stereocenters. The lowest BCUT2D eigenvalue weighted by Gasteiger charge is -2.18. The van der Waals surface area contributed by atoms with E-state index in [1.807, 2.05) is 12.2 Å². The summed E-state index contributed by atoms with van der Waals surface area (Å²) >= 11 is 0. The minimum absolute atomic E-state index is 0.104. The number of esters is 3. The maximum absolute atomic E-state index is 12.7. The molecule has 1 atom stereocenters. The van der Waals surface area contributed by atoms with Crippen LogP contribution in [0.15, 0.2) is 72.9 Å². The van der Waals surface area contributed by atoms with E-state index >= 15 is 0 Å². The lowest BCUT2D eigenvalue weighted by atomic mass is 10.1. The highest BCUT2D eigenvalue weighted by molar-refractivity contribution is 5.71. The third-order valence-corrected chi connectivity index (χ3v) is 11.2. The highest BCUT2D eigenvalue weighted by Crippen LogP contribution is 2.15. The molecular formula is C57H98O6. The van der Waals surface area contributed by atoms with Gasteiger partial charge in [-0.05, 0) is 77.0 Å². The van der Waals surface area contributed by atoms with Crippen LogP contribution in [0.25, 0.3) is 0 Å². The van der Waals surface area contributed by atoms with Crippen LogP contribution < -0.4 is 0 Å². The van der Waals surface area contributed by atoms with E-state index in [1.54, 1.807) is 0 Å². The third kappa shape index (κ3) is 49.7. The van der Waals surface area contributed by atoms with Crippen LogP contribution in [0.5, 0.6) is 0 Å². The van der Waals surface area contributed by atoms with E-state index < -0.39 is 12.1 Å². The van der Waals surface area contributed by atoms with Crippen molar-refractivity contribution in [2.75, 3.05) is 13.2 Å². The number of carbonyl (C=O) groups is 3. The first-order chi connectivity index (χ1) is 31.0. The van der Waals surface area contributed by atoms with Gasteiger partial charge in [-0.1, -0.05) is 229 Å². The second-order valence-electron chi connectivity index (χ2n) is 17.4. The molecule has 0 spiro atoms. The minimum Gasteiger partial charge on any atom is -0.462 e. The lowest BCUT2D eigenvalue weighted by molar-refractivity contribution is -0.166. The summed E-state index contributed by atoms with van der Waals surface area (Å²) in [6.07, 6.45) is 64.8. The third-order valence-electron chi connectivity index (χ3n) is 11.2. The Morgan fingerprint density at radius 2 is 0.651 bits per heavy atom.